The number of sulfonamides is 1. The number of aromatic amines is 1. The van der Waals surface area contributed by atoms with Crippen molar-refractivity contribution in [3.63, 3.8) is 0 Å². The van der Waals surface area contributed by atoms with Gasteiger partial charge in [-0.15, -0.1) is 0 Å². The van der Waals surface area contributed by atoms with Crippen molar-refractivity contribution >= 4 is 20.9 Å². The van der Waals surface area contributed by atoms with E-state index in [0.29, 0.717) is 6.42 Å². The molecule has 0 aliphatic heterocycles. The van der Waals surface area contributed by atoms with E-state index in [-0.39, 0.29) is 11.4 Å². The number of fused-ring (bicyclic) bond motifs is 1. The third kappa shape index (κ3) is 3.01. The Morgan fingerprint density at radius 1 is 1.12 bits per heavy atom. The molecule has 0 radical (unpaired) electrons. The number of nitrogens with zero attached hydrogens (tertiary/aromatic N) is 1. The van der Waals surface area contributed by atoms with Gasteiger partial charge in [-0.3, -0.25) is 0 Å². The fraction of sp³-hybridized carbons (Fsp3) is 0.158. The van der Waals surface area contributed by atoms with Crippen LogP contribution in [0, 0.1) is 19.4 Å². The van der Waals surface area contributed by atoms with Crippen molar-refractivity contribution in [1.29, 1.82) is 0 Å². The highest BCUT2D eigenvalue weighted by atomic mass is 32.2. The third-order valence-electron chi connectivity index (χ3n) is 4.01. The molecule has 0 spiro atoms. The van der Waals surface area contributed by atoms with Crippen LogP contribution in [0.3, 0.4) is 0 Å². The van der Waals surface area contributed by atoms with Crippen molar-refractivity contribution in [2.75, 3.05) is 6.54 Å². The molecule has 0 amide bonds. The Morgan fingerprint density at radius 2 is 1.83 bits per heavy atom. The first-order chi connectivity index (χ1) is 11.5. The minimum atomic E-state index is -3.69. The predicted molar refractivity (Wildman–Crippen MR) is 95.9 cm³/mol. The molecule has 122 valence electrons. The summed E-state index contributed by atoms with van der Waals surface area (Å²) < 4.78 is 26.4. The molecule has 0 unspecified atom stereocenters. The van der Waals surface area contributed by atoms with Gasteiger partial charge in [-0.2, -0.15) is 0 Å². The van der Waals surface area contributed by atoms with E-state index in [9.17, 15) is 8.42 Å². The molecule has 4 nitrogen and oxygen atoms in total. The molecule has 1 heterocycles. The monoisotopic (exact) mass is 338 g/mol. The van der Waals surface area contributed by atoms with Gasteiger partial charge in [-0.25, -0.2) is 12.7 Å². The first-order valence-corrected chi connectivity index (χ1v) is 9.07. The normalized spacial score (nSPS) is 11.3. The van der Waals surface area contributed by atoms with Gasteiger partial charge in [0.2, 0.25) is 0 Å². The topological polar surface area (TPSA) is 53.2 Å². The van der Waals surface area contributed by atoms with Gasteiger partial charge in [0.05, 0.1) is 4.90 Å². The van der Waals surface area contributed by atoms with E-state index in [0.717, 1.165) is 26.3 Å². The maximum atomic E-state index is 12.7. The fourth-order valence-electron chi connectivity index (χ4n) is 2.65. The summed E-state index contributed by atoms with van der Waals surface area (Å²) in [4.78, 5) is 3.40. The van der Waals surface area contributed by atoms with E-state index in [1.165, 1.54) is 0 Å². The smallest absolute Gasteiger partial charge is 0.270 e. The van der Waals surface area contributed by atoms with E-state index in [4.69, 9.17) is 6.42 Å². The van der Waals surface area contributed by atoms with Gasteiger partial charge in [0.15, 0.2) is 0 Å². The Kier molecular flexibility index (Phi) is 4.32. The number of aromatic nitrogens is 1. The molecular weight excluding hydrogens is 320 g/mol. The number of terminal acetylenes is 1. The first-order valence-electron chi connectivity index (χ1n) is 7.63. The van der Waals surface area contributed by atoms with Gasteiger partial charge in [0.25, 0.3) is 10.0 Å². The molecule has 0 aliphatic rings. The standard InChI is InChI=1S/C19H18N2O2S/c1-3-21(24(22,23)17-10-8-15(2)9-11-17)13-12-16-14-20-19-7-5-4-6-18(16)19/h1,4-11,14,20H,12-13H2,2H3. The minimum absolute atomic E-state index is 0.213. The number of rotatable bonds is 5. The Bertz CT molecular complexity index is 996. The van der Waals surface area contributed by atoms with Crippen LogP contribution >= 0.6 is 0 Å². The highest BCUT2D eigenvalue weighted by Crippen LogP contribution is 2.20. The van der Waals surface area contributed by atoms with Gasteiger partial charge in [0.1, 0.15) is 0 Å². The molecule has 5 heteroatoms. The Balaban J connectivity index is 1.82. The molecule has 3 aromatic rings. The number of hydrogen-bond acceptors (Lipinski definition) is 2. The van der Waals surface area contributed by atoms with Crippen LogP contribution in [0.1, 0.15) is 11.1 Å². The van der Waals surface area contributed by atoms with Gasteiger partial charge in [0, 0.05) is 29.7 Å². The SMILES string of the molecule is C#CN(CCc1c[nH]c2ccccc12)S(=O)(=O)c1ccc(C)cc1. The number of hydrogen-bond donors (Lipinski definition) is 1. The number of H-pyrrole nitrogens is 1. The van der Waals surface area contributed by atoms with Gasteiger partial charge >= 0.3 is 0 Å². The lowest BCUT2D eigenvalue weighted by molar-refractivity contribution is 0.513. The Hall–Kier alpha value is -2.71. The zero-order valence-corrected chi connectivity index (χ0v) is 14.2. The largest absolute Gasteiger partial charge is 0.361 e. The molecule has 0 aliphatic carbocycles. The molecule has 0 bridgehead atoms. The van der Waals surface area contributed by atoms with E-state index in [1.807, 2.05) is 37.4 Å². The summed E-state index contributed by atoms with van der Waals surface area (Å²) >= 11 is 0. The number of nitrogens with one attached hydrogen (secondary N) is 1. The van der Waals surface area contributed by atoms with Crippen molar-refractivity contribution in [1.82, 2.24) is 9.29 Å². The highest BCUT2D eigenvalue weighted by Gasteiger charge is 2.22. The first kappa shape index (κ1) is 16.2. The van der Waals surface area contributed by atoms with E-state index >= 15 is 0 Å². The lowest BCUT2D eigenvalue weighted by atomic mass is 10.1. The van der Waals surface area contributed by atoms with Crippen LogP contribution in [0.5, 0.6) is 0 Å². The Labute approximate surface area is 142 Å². The van der Waals surface area contributed by atoms with E-state index < -0.39 is 10.0 Å². The molecule has 3 rings (SSSR count). The Morgan fingerprint density at radius 3 is 2.54 bits per heavy atom. The molecule has 0 saturated heterocycles. The van der Waals surface area contributed by atoms with E-state index in [2.05, 4.69) is 11.0 Å². The van der Waals surface area contributed by atoms with E-state index in [1.54, 1.807) is 24.3 Å². The molecule has 0 fully saturated rings. The van der Waals surface area contributed by atoms with Crippen molar-refractivity contribution < 1.29 is 8.42 Å². The number of aryl methyl sites for hydroxylation is 1. The van der Waals surface area contributed by atoms with Crippen molar-refractivity contribution in [3.8, 4) is 12.5 Å². The molecule has 1 N–H and O–H groups in total. The maximum absolute atomic E-state index is 12.7. The average Bonchev–Trinajstić information content (AvgIpc) is 2.99. The van der Waals surface area contributed by atoms with Crippen LogP contribution in [0.15, 0.2) is 59.6 Å². The summed E-state index contributed by atoms with van der Waals surface area (Å²) in [6, 6.07) is 16.9. The highest BCUT2D eigenvalue weighted by molar-refractivity contribution is 7.89. The van der Waals surface area contributed by atoms with Crippen molar-refractivity contribution in [3.05, 3.63) is 65.9 Å². The molecule has 1 aromatic heterocycles. The minimum Gasteiger partial charge on any atom is -0.361 e. The third-order valence-corrected chi connectivity index (χ3v) is 5.75. The van der Waals surface area contributed by atoms with Crippen LogP contribution in [0.2, 0.25) is 0 Å². The summed E-state index contributed by atoms with van der Waals surface area (Å²) in [6.45, 7) is 2.14. The fourth-order valence-corrected chi connectivity index (χ4v) is 3.86. The van der Waals surface area contributed by atoms with Crippen LogP contribution in [-0.2, 0) is 16.4 Å². The predicted octanol–water partition coefficient (Wildman–Crippen LogP) is 3.30. The zero-order valence-electron chi connectivity index (χ0n) is 13.4. The summed E-state index contributed by atoms with van der Waals surface area (Å²) in [6.07, 6.45) is 7.91. The lowest BCUT2D eigenvalue weighted by Crippen LogP contribution is -2.28. The van der Waals surface area contributed by atoms with Crippen LogP contribution in [0.25, 0.3) is 10.9 Å². The number of para-hydroxylation sites is 1. The average molecular weight is 338 g/mol. The lowest BCUT2D eigenvalue weighted by Gasteiger charge is -2.17. The summed E-state index contributed by atoms with van der Waals surface area (Å²) in [5.74, 6) is 0. The summed E-state index contributed by atoms with van der Waals surface area (Å²) in [7, 11) is -3.69. The van der Waals surface area contributed by atoms with Gasteiger partial charge in [-0.1, -0.05) is 42.3 Å². The quantitative estimate of drug-likeness (QED) is 0.573. The van der Waals surface area contributed by atoms with Gasteiger partial charge < -0.3 is 4.98 Å². The molecular formula is C19H18N2O2S. The molecule has 2 aromatic carbocycles. The second-order valence-corrected chi connectivity index (χ2v) is 7.49. The van der Waals surface area contributed by atoms with Crippen LogP contribution < -0.4 is 0 Å². The maximum Gasteiger partial charge on any atom is 0.270 e. The van der Waals surface area contributed by atoms with Crippen LogP contribution in [-0.4, -0.2) is 24.3 Å². The molecule has 24 heavy (non-hydrogen) atoms. The van der Waals surface area contributed by atoms with Crippen molar-refractivity contribution in [2.45, 2.75) is 18.2 Å². The molecule has 0 saturated carbocycles. The summed E-state index contributed by atoms with van der Waals surface area (Å²) in [5, 5.41) is 1.09. The summed E-state index contributed by atoms with van der Waals surface area (Å²) in [5.41, 5.74) is 3.08. The van der Waals surface area contributed by atoms with Gasteiger partial charge in [-0.05, 0) is 37.1 Å². The number of benzene rings is 2. The molecule has 0 atom stereocenters. The second-order valence-electron chi connectivity index (χ2n) is 5.63. The van der Waals surface area contributed by atoms with Crippen molar-refractivity contribution in [2.24, 2.45) is 0 Å². The second kappa shape index (κ2) is 6.42. The van der Waals surface area contributed by atoms with Crippen LogP contribution in [0.4, 0.5) is 0 Å². The zero-order chi connectivity index (χ0) is 17.2.